The number of esters is 1. The van der Waals surface area contributed by atoms with Crippen molar-refractivity contribution in [1.29, 1.82) is 0 Å². The van der Waals surface area contributed by atoms with Crippen molar-refractivity contribution in [1.82, 2.24) is 15.2 Å². The first-order valence-corrected chi connectivity index (χ1v) is 13.4. The Hall–Kier alpha value is -2.79. The maximum atomic E-state index is 13.3. The van der Waals surface area contributed by atoms with E-state index in [1.807, 2.05) is 7.05 Å². The molecular formula is C25H27ClN4O4S2. The van der Waals surface area contributed by atoms with Crippen LogP contribution in [0, 0.1) is 0 Å². The lowest BCUT2D eigenvalue weighted by Crippen LogP contribution is -2.27. The number of fused-ring (bicyclic) bond motifs is 1. The smallest absolute Gasteiger partial charge is 0.340 e. The number of likely N-dealkylation sites (N-methyl/N-ethyl adjacent to an activating group) is 1. The van der Waals surface area contributed by atoms with E-state index >= 15 is 0 Å². The Labute approximate surface area is 222 Å². The summed E-state index contributed by atoms with van der Waals surface area (Å²) >= 11 is 8.47. The number of thiazole rings is 1. The Morgan fingerprint density at radius 3 is 2.61 bits per heavy atom. The zero-order chi connectivity index (χ0) is 26.0. The van der Waals surface area contributed by atoms with Gasteiger partial charge in [-0.2, -0.15) is 0 Å². The number of nitrogens with one attached hydrogen (secondary N) is 2. The summed E-state index contributed by atoms with van der Waals surface area (Å²) in [6, 6.07) is 8.32. The number of carbonyl (C=O) groups excluding carboxylic acids is 3. The summed E-state index contributed by atoms with van der Waals surface area (Å²) < 4.78 is 6.08. The van der Waals surface area contributed by atoms with Crippen LogP contribution in [-0.2, 0) is 24.2 Å². The van der Waals surface area contributed by atoms with Crippen LogP contribution in [0.25, 0.3) is 0 Å². The number of thiophene rings is 1. The highest BCUT2D eigenvalue weighted by Crippen LogP contribution is 2.28. The van der Waals surface area contributed by atoms with E-state index in [-0.39, 0.29) is 23.7 Å². The highest BCUT2D eigenvalue weighted by Gasteiger charge is 2.26. The minimum atomic E-state index is -0.721. The molecule has 3 aromatic rings. The molecule has 0 atom stereocenters. The summed E-state index contributed by atoms with van der Waals surface area (Å²) in [5.41, 5.74) is 1.26. The van der Waals surface area contributed by atoms with Crippen molar-refractivity contribution in [3.05, 3.63) is 66.3 Å². The van der Waals surface area contributed by atoms with Gasteiger partial charge in [-0.15, -0.1) is 22.7 Å². The van der Waals surface area contributed by atoms with Gasteiger partial charge in [0.1, 0.15) is 5.60 Å². The van der Waals surface area contributed by atoms with E-state index < -0.39 is 17.5 Å². The first-order valence-electron chi connectivity index (χ1n) is 11.4. The predicted octanol–water partition coefficient (Wildman–Crippen LogP) is 4.98. The largest absolute Gasteiger partial charge is 0.456 e. The standard InChI is InChI=1S/C25H27ClN4O4S2/c1-25(2,3)34-24(33)15-7-5-6-14(12-27-21(31)17-8-9-19(26)35-17)20(15)29-22(32)23-28-16-10-11-30(4)13-18(16)36-23/h5-9H,10-13H2,1-4H3,(H,27,31)(H,29,32). The van der Waals surface area contributed by atoms with Crippen LogP contribution in [-0.4, -0.2) is 46.9 Å². The van der Waals surface area contributed by atoms with Crippen LogP contribution in [0.2, 0.25) is 4.34 Å². The van der Waals surface area contributed by atoms with Gasteiger partial charge in [-0.25, -0.2) is 9.78 Å². The van der Waals surface area contributed by atoms with Crippen LogP contribution in [0.1, 0.15) is 66.7 Å². The van der Waals surface area contributed by atoms with Crippen molar-refractivity contribution >= 4 is 57.7 Å². The van der Waals surface area contributed by atoms with Crippen LogP contribution in [0.5, 0.6) is 0 Å². The third-order valence-corrected chi connectivity index (χ3v) is 7.67. The molecule has 0 aliphatic carbocycles. The fraction of sp³-hybridized carbons (Fsp3) is 0.360. The maximum absolute atomic E-state index is 13.3. The summed E-state index contributed by atoms with van der Waals surface area (Å²) in [7, 11) is 2.03. The first kappa shape index (κ1) is 26.3. The van der Waals surface area contributed by atoms with Gasteiger partial charge in [0.15, 0.2) is 5.01 Å². The fourth-order valence-electron chi connectivity index (χ4n) is 3.68. The zero-order valence-corrected chi connectivity index (χ0v) is 22.8. The van der Waals surface area contributed by atoms with Crippen molar-refractivity contribution in [2.24, 2.45) is 0 Å². The van der Waals surface area contributed by atoms with Crippen LogP contribution in [0.15, 0.2) is 30.3 Å². The third kappa shape index (κ3) is 6.31. The number of halogens is 1. The molecule has 0 saturated carbocycles. The van der Waals surface area contributed by atoms with Gasteiger partial charge >= 0.3 is 5.97 Å². The second-order valence-electron chi connectivity index (χ2n) is 9.46. The molecule has 8 nitrogen and oxygen atoms in total. The van der Waals surface area contributed by atoms with Gasteiger partial charge in [0, 0.05) is 30.9 Å². The van der Waals surface area contributed by atoms with Crippen molar-refractivity contribution in [3.8, 4) is 0 Å². The highest BCUT2D eigenvalue weighted by molar-refractivity contribution is 7.18. The average Bonchev–Trinajstić information content (AvgIpc) is 3.42. The quantitative estimate of drug-likeness (QED) is 0.423. The maximum Gasteiger partial charge on any atom is 0.340 e. The molecule has 1 aromatic carbocycles. The summed E-state index contributed by atoms with van der Waals surface area (Å²) in [5, 5.41) is 6.04. The van der Waals surface area contributed by atoms with Crippen LogP contribution < -0.4 is 10.6 Å². The topological polar surface area (TPSA) is 101 Å². The molecular weight excluding hydrogens is 520 g/mol. The molecule has 0 spiro atoms. The number of rotatable bonds is 6. The van der Waals surface area contributed by atoms with Gasteiger partial charge in [-0.1, -0.05) is 23.7 Å². The molecule has 4 rings (SSSR count). The molecule has 36 heavy (non-hydrogen) atoms. The molecule has 0 radical (unpaired) electrons. The second kappa shape index (κ2) is 10.7. The highest BCUT2D eigenvalue weighted by atomic mass is 35.5. The third-order valence-electron chi connectivity index (χ3n) is 5.36. The minimum Gasteiger partial charge on any atom is -0.456 e. The van der Waals surface area contributed by atoms with Gasteiger partial charge in [0.05, 0.1) is 26.2 Å². The molecule has 2 aromatic heterocycles. The second-order valence-corrected chi connectivity index (χ2v) is 12.3. The summed E-state index contributed by atoms with van der Waals surface area (Å²) in [5.74, 6) is -1.29. The number of para-hydroxylation sites is 1. The Kier molecular flexibility index (Phi) is 7.79. The molecule has 2 amide bonds. The Morgan fingerprint density at radius 1 is 1.14 bits per heavy atom. The molecule has 1 aliphatic heterocycles. The summed E-state index contributed by atoms with van der Waals surface area (Å²) in [6.45, 7) is 7.04. The number of aromatic nitrogens is 1. The number of anilines is 1. The van der Waals surface area contributed by atoms with Crippen molar-refractivity contribution in [2.45, 2.75) is 45.9 Å². The average molecular weight is 547 g/mol. The van der Waals surface area contributed by atoms with Crippen molar-refractivity contribution in [3.63, 3.8) is 0 Å². The SMILES string of the molecule is CN1CCc2nc(C(=O)Nc3c(CNC(=O)c4ccc(Cl)s4)cccc3C(=O)OC(C)(C)C)sc2C1. The van der Waals surface area contributed by atoms with Gasteiger partial charge in [0.25, 0.3) is 11.8 Å². The lowest BCUT2D eigenvalue weighted by molar-refractivity contribution is 0.00706. The van der Waals surface area contributed by atoms with E-state index in [0.717, 1.165) is 30.1 Å². The van der Waals surface area contributed by atoms with Gasteiger partial charge in [-0.05, 0) is 51.6 Å². The summed E-state index contributed by atoms with van der Waals surface area (Å²) in [6.07, 6.45) is 0.786. The van der Waals surface area contributed by atoms with E-state index in [1.165, 1.54) is 22.7 Å². The molecule has 0 unspecified atom stereocenters. The van der Waals surface area contributed by atoms with Gasteiger partial charge < -0.3 is 20.3 Å². The number of carbonyl (C=O) groups is 3. The number of hydrogen-bond donors (Lipinski definition) is 2. The normalized spacial score (nSPS) is 13.7. The number of hydrogen-bond acceptors (Lipinski definition) is 8. The van der Waals surface area contributed by atoms with Crippen LogP contribution >= 0.6 is 34.3 Å². The van der Waals surface area contributed by atoms with E-state index in [2.05, 4.69) is 20.5 Å². The molecule has 3 heterocycles. The first-order chi connectivity index (χ1) is 17.0. The lowest BCUT2D eigenvalue weighted by atomic mass is 10.1. The van der Waals surface area contributed by atoms with Gasteiger partial charge in [-0.3, -0.25) is 9.59 Å². The Balaban J connectivity index is 1.61. The van der Waals surface area contributed by atoms with E-state index in [4.69, 9.17) is 16.3 Å². The molecule has 0 saturated heterocycles. The lowest BCUT2D eigenvalue weighted by Gasteiger charge is -2.21. The van der Waals surface area contributed by atoms with Crippen molar-refractivity contribution in [2.75, 3.05) is 18.9 Å². The monoisotopic (exact) mass is 546 g/mol. The molecule has 0 fully saturated rings. The van der Waals surface area contributed by atoms with Crippen molar-refractivity contribution < 1.29 is 19.1 Å². The number of nitrogens with zero attached hydrogens (tertiary/aromatic N) is 2. The molecule has 1 aliphatic rings. The number of ether oxygens (including phenoxy) is 1. The zero-order valence-electron chi connectivity index (χ0n) is 20.4. The summed E-state index contributed by atoms with van der Waals surface area (Å²) in [4.78, 5) is 47.1. The number of amides is 2. The van der Waals surface area contributed by atoms with E-state index in [1.54, 1.807) is 51.1 Å². The van der Waals surface area contributed by atoms with E-state index in [0.29, 0.717) is 19.8 Å². The predicted molar refractivity (Wildman–Crippen MR) is 142 cm³/mol. The Morgan fingerprint density at radius 2 is 1.92 bits per heavy atom. The molecule has 11 heteroatoms. The fourth-order valence-corrected chi connectivity index (χ4v) is 5.73. The number of benzene rings is 1. The molecule has 0 bridgehead atoms. The van der Waals surface area contributed by atoms with Gasteiger partial charge in [0.2, 0.25) is 0 Å². The molecule has 2 N–H and O–H groups in total. The minimum absolute atomic E-state index is 0.0831. The van der Waals surface area contributed by atoms with Crippen LogP contribution in [0.4, 0.5) is 5.69 Å². The molecule has 190 valence electrons. The van der Waals surface area contributed by atoms with E-state index in [9.17, 15) is 14.4 Å². The van der Waals surface area contributed by atoms with Crippen LogP contribution in [0.3, 0.4) is 0 Å². The Bertz CT molecular complexity index is 1310.